The van der Waals surface area contributed by atoms with E-state index in [4.69, 9.17) is 5.73 Å². The summed E-state index contributed by atoms with van der Waals surface area (Å²) in [6, 6.07) is 1.48. The zero-order valence-corrected chi connectivity index (χ0v) is 16.7. The Bertz CT molecular complexity index is 788. The standard InChI is InChI=1S/C18H24FN5O4.ClH/c19-12-7-13(16(20)15(8-12)24(27)28)18(26)23-6-2-3-11(10-23)9-22-17(25)14-4-1-5-21-14;/h7-8,11,14,21H,1-6,9-10,20H2,(H,22,25);1H. The molecule has 0 spiro atoms. The summed E-state index contributed by atoms with van der Waals surface area (Å²) in [4.78, 5) is 36.7. The average Bonchev–Trinajstić information content (AvgIpc) is 3.22. The molecule has 0 aliphatic carbocycles. The molecule has 11 heteroatoms. The van der Waals surface area contributed by atoms with Gasteiger partial charge in [-0.3, -0.25) is 19.7 Å². The molecule has 160 valence electrons. The topological polar surface area (TPSA) is 131 Å². The van der Waals surface area contributed by atoms with Gasteiger partial charge in [0, 0.05) is 19.6 Å². The van der Waals surface area contributed by atoms with Crippen LogP contribution in [-0.4, -0.2) is 53.9 Å². The lowest BCUT2D eigenvalue weighted by atomic mass is 9.96. The first kappa shape index (κ1) is 22.8. The fourth-order valence-corrected chi connectivity index (χ4v) is 3.79. The van der Waals surface area contributed by atoms with Crippen LogP contribution in [0.4, 0.5) is 15.8 Å². The van der Waals surface area contributed by atoms with Gasteiger partial charge in [-0.2, -0.15) is 0 Å². The van der Waals surface area contributed by atoms with Crippen LogP contribution in [0.15, 0.2) is 12.1 Å². The molecular formula is C18H25ClFN5O4. The molecular weight excluding hydrogens is 405 g/mol. The highest BCUT2D eigenvalue weighted by Gasteiger charge is 2.29. The Morgan fingerprint density at radius 3 is 2.76 bits per heavy atom. The first-order chi connectivity index (χ1) is 13.4. The molecule has 1 aromatic rings. The first-order valence-electron chi connectivity index (χ1n) is 9.40. The quantitative estimate of drug-likeness (QED) is 0.369. The fourth-order valence-electron chi connectivity index (χ4n) is 3.79. The summed E-state index contributed by atoms with van der Waals surface area (Å²) in [5.74, 6) is -1.39. The van der Waals surface area contributed by atoms with Crippen LogP contribution in [0.2, 0.25) is 0 Å². The molecule has 2 heterocycles. The van der Waals surface area contributed by atoms with Gasteiger partial charge < -0.3 is 21.3 Å². The first-order valence-corrected chi connectivity index (χ1v) is 9.40. The van der Waals surface area contributed by atoms with Gasteiger partial charge in [0.2, 0.25) is 5.91 Å². The Labute approximate surface area is 173 Å². The van der Waals surface area contributed by atoms with E-state index in [1.807, 2.05) is 0 Å². The van der Waals surface area contributed by atoms with Gasteiger partial charge in [-0.05, 0) is 44.2 Å². The van der Waals surface area contributed by atoms with Crippen molar-refractivity contribution in [1.82, 2.24) is 15.5 Å². The molecule has 0 saturated carbocycles. The molecule has 2 aliphatic heterocycles. The number of likely N-dealkylation sites (tertiary alicyclic amines) is 1. The predicted molar refractivity (Wildman–Crippen MR) is 107 cm³/mol. The highest BCUT2D eigenvalue weighted by atomic mass is 35.5. The van der Waals surface area contributed by atoms with Gasteiger partial charge in [0.05, 0.1) is 22.6 Å². The Balaban J connectivity index is 0.00000300. The summed E-state index contributed by atoms with van der Waals surface area (Å²) in [6.07, 6.45) is 3.37. The van der Waals surface area contributed by atoms with Gasteiger partial charge in [0.15, 0.2) is 0 Å². The van der Waals surface area contributed by atoms with Crippen molar-refractivity contribution in [2.45, 2.75) is 31.7 Å². The number of anilines is 1. The van der Waals surface area contributed by atoms with E-state index in [1.165, 1.54) is 4.90 Å². The maximum atomic E-state index is 13.7. The second kappa shape index (κ2) is 9.84. The number of nitrogen functional groups attached to an aromatic ring is 1. The highest BCUT2D eigenvalue weighted by Crippen LogP contribution is 2.29. The SMILES string of the molecule is Cl.Nc1c(C(=O)N2CCCC(CNC(=O)C3CCCN3)C2)cc(F)cc1[N+](=O)[O-]. The number of nitro groups is 1. The molecule has 0 radical (unpaired) electrons. The van der Waals surface area contributed by atoms with Crippen LogP contribution in [0.5, 0.6) is 0 Å². The maximum Gasteiger partial charge on any atom is 0.295 e. The van der Waals surface area contributed by atoms with Crippen LogP contribution >= 0.6 is 12.4 Å². The third-order valence-corrected chi connectivity index (χ3v) is 5.30. The molecule has 2 aliphatic rings. The second-order valence-corrected chi connectivity index (χ2v) is 7.30. The van der Waals surface area contributed by atoms with E-state index < -0.39 is 22.3 Å². The van der Waals surface area contributed by atoms with Crippen molar-refractivity contribution in [3.05, 3.63) is 33.6 Å². The molecule has 0 bridgehead atoms. The molecule has 9 nitrogen and oxygen atoms in total. The number of benzene rings is 1. The third kappa shape index (κ3) is 5.33. The zero-order valence-electron chi connectivity index (χ0n) is 15.9. The van der Waals surface area contributed by atoms with E-state index in [0.29, 0.717) is 25.7 Å². The number of halogens is 2. The third-order valence-electron chi connectivity index (χ3n) is 5.30. The van der Waals surface area contributed by atoms with Crippen LogP contribution in [0, 0.1) is 21.8 Å². The number of nitrogens with one attached hydrogen (secondary N) is 2. The number of carbonyl (C=O) groups is 2. The minimum atomic E-state index is -0.880. The van der Waals surface area contributed by atoms with Crippen molar-refractivity contribution in [3.63, 3.8) is 0 Å². The van der Waals surface area contributed by atoms with Crippen molar-refractivity contribution in [3.8, 4) is 0 Å². The summed E-state index contributed by atoms with van der Waals surface area (Å²) in [5, 5.41) is 17.1. The predicted octanol–water partition coefficient (Wildman–Crippen LogP) is 1.46. The molecule has 2 atom stereocenters. The smallest absolute Gasteiger partial charge is 0.295 e. The van der Waals surface area contributed by atoms with Gasteiger partial charge >= 0.3 is 0 Å². The van der Waals surface area contributed by atoms with E-state index in [9.17, 15) is 24.1 Å². The van der Waals surface area contributed by atoms with Crippen molar-refractivity contribution >= 4 is 35.6 Å². The van der Waals surface area contributed by atoms with Crippen LogP contribution in [0.1, 0.15) is 36.0 Å². The molecule has 4 N–H and O–H groups in total. The molecule has 1 aromatic carbocycles. The number of nitrogens with two attached hydrogens (primary N) is 1. The Hall–Kier alpha value is -2.46. The second-order valence-electron chi connectivity index (χ2n) is 7.30. The van der Waals surface area contributed by atoms with E-state index >= 15 is 0 Å². The van der Waals surface area contributed by atoms with Gasteiger partial charge in [-0.15, -0.1) is 12.4 Å². The van der Waals surface area contributed by atoms with Gasteiger partial charge in [0.1, 0.15) is 11.5 Å². The minimum absolute atomic E-state index is 0. The summed E-state index contributed by atoms with van der Waals surface area (Å²) >= 11 is 0. The summed E-state index contributed by atoms with van der Waals surface area (Å²) in [6.45, 7) is 2.11. The number of hydrogen-bond donors (Lipinski definition) is 3. The number of hydrogen-bond acceptors (Lipinski definition) is 6. The van der Waals surface area contributed by atoms with Gasteiger partial charge in [-0.25, -0.2) is 4.39 Å². The molecule has 0 aromatic heterocycles. The van der Waals surface area contributed by atoms with Gasteiger partial charge in [0.25, 0.3) is 11.6 Å². The number of piperidine rings is 1. The van der Waals surface area contributed by atoms with Crippen molar-refractivity contribution in [1.29, 1.82) is 0 Å². The maximum absolute atomic E-state index is 13.7. The number of rotatable bonds is 5. The van der Waals surface area contributed by atoms with Gasteiger partial charge in [-0.1, -0.05) is 0 Å². The van der Waals surface area contributed by atoms with Crippen LogP contribution in [0.25, 0.3) is 0 Å². The normalized spacial score (nSPS) is 21.3. The van der Waals surface area contributed by atoms with E-state index in [1.54, 1.807) is 0 Å². The molecule has 2 fully saturated rings. The molecule has 29 heavy (non-hydrogen) atoms. The lowest BCUT2D eigenvalue weighted by Crippen LogP contribution is -2.46. The number of amides is 2. The minimum Gasteiger partial charge on any atom is -0.393 e. The largest absolute Gasteiger partial charge is 0.393 e. The van der Waals surface area contributed by atoms with Crippen LogP contribution < -0.4 is 16.4 Å². The lowest BCUT2D eigenvalue weighted by molar-refractivity contribution is -0.384. The van der Waals surface area contributed by atoms with Crippen molar-refractivity contribution in [2.24, 2.45) is 5.92 Å². The molecule has 2 saturated heterocycles. The summed E-state index contributed by atoms with van der Waals surface area (Å²) in [5.41, 5.74) is 4.59. The van der Waals surface area contributed by atoms with E-state index in [2.05, 4.69) is 10.6 Å². The molecule has 2 unspecified atom stereocenters. The fraction of sp³-hybridized carbons (Fsp3) is 0.556. The highest BCUT2D eigenvalue weighted by molar-refractivity contribution is 6.01. The van der Waals surface area contributed by atoms with Crippen LogP contribution in [-0.2, 0) is 4.79 Å². The summed E-state index contributed by atoms with van der Waals surface area (Å²) < 4.78 is 13.7. The monoisotopic (exact) mass is 429 g/mol. The molecule has 3 rings (SSSR count). The van der Waals surface area contributed by atoms with E-state index in [0.717, 1.165) is 38.3 Å². The Morgan fingerprint density at radius 2 is 2.10 bits per heavy atom. The Morgan fingerprint density at radius 1 is 1.34 bits per heavy atom. The van der Waals surface area contributed by atoms with Crippen molar-refractivity contribution in [2.75, 3.05) is 31.9 Å². The Kier molecular flexibility index (Phi) is 7.74. The number of nitro benzene ring substituents is 1. The zero-order chi connectivity index (χ0) is 20.3. The molecule has 2 amide bonds. The number of nitrogens with zero attached hydrogens (tertiary/aromatic N) is 2. The lowest BCUT2D eigenvalue weighted by Gasteiger charge is -2.33. The summed E-state index contributed by atoms with van der Waals surface area (Å²) in [7, 11) is 0. The number of carbonyl (C=O) groups excluding carboxylic acids is 2. The van der Waals surface area contributed by atoms with E-state index in [-0.39, 0.29) is 41.5 Å². The average molecular weight is 430 g/mol. The van der Waals surface area contributed by atoms with Crippen LogP contribution in [0.3, 0.4) is 0 Å². The van der Waals surface area contributed by atoms with Crippen molar-refractivity contribution < 1.29 is 18.9 Å².